The van der Waals surface area contributed by atoms with E-state index in [1.54, 1.807) is 51.0 Å². The molecule has 0 amide bonds. The summed E-state index contributed by atoms with van der Waals surface area (Å²) < 4.78 is 6.29. The lowest BCUT2D eigenvalue weighted by molar-refractivity contribution is -0.0969. The van der Waals surface area contributed by atoms with Gasteiger partial charge in [-0.15, -0.1) is 0 Å². The minimum Gasteiger partial charge on any atom is -0.376 e. The van der Waals surface area contributed by atoms with Crippen molar-refractivity contribution in [3.63, 3.8) is 0 Å². The lowest BCUT2D eigenvalue weighted by Gasteiger charge is -2.59. The molecule has 9 aliphatic rings. The summed E-state index contributed by atoms with van der Waals surface area (Å²) >= 11 is 0. The maximum Gasteiger partial charge on any atom is 0.0598 e. The quantitative estimate of drug-likeness (QED) is 0.169. The number of likely N-dealkylation sites (tertiary alicyclic amines) is 1. The zero-order valence-electron chi connectivity index (χ0n) is 42.5. The SMILES string of the molecule is CC1CCC2C(C1)C1C(C3CCCCC3C1[Si](C)(CCCCCCOC(C)(C)C)C1C3CC4C(CC3C3CC5C(CC31)C(C)(C)CCC5(C)C)C(C)(C)CCC4(C)C)N2C. The predicted molar refractivity (Wildman–Crippen MR) is 259 cm³/mol. The van der Waals surface area contributed by atoms with Crippen molar-refractivity contribution >= 4 is 8.07 Å². The minimum atomic E-state index is -1.86. The molecule has 17 unspecified atom stereocenters. The Kier molecular flexibility index (Phi) is 12.0. The van der Waals surface area contributed by atoms with E-state index in [0.717, 1.165) is 107 Å². The summed E-state index contributed by atoms with van der Waals surface area (Å²) in [4.78, 5) is 3.13. The lowest BCUT2D eigenvalue weighted by Crippen LogP contribution is -2.54. The molecule has 8 saturated carbocycles. The lowest BCUT2D eigenvalue weighted by atomic mass is 9.46. The number of hydrogen-bond donors (Lipinski definition) is 0. The fraction of sp³-hybridized carbons (Fsp3) is 1.00. The van der Waals surface area contributed by atoms with E-state index >= 15 is 0 Å². The molecule has 1 saturated heterocycles. The van der Waals surface area contributed by atoms with Gasteiger partial charge in [-0.1, -0.05) is 113 Å². The maximum absolute atomic E-state index is 6.29. The van der Waals surface area contributed by atoms with Crippen LogP contribution in [-0.2, 0) is 4.74 Å². The Hall–Kier alpha value is 0.137. The Morgan fingerprint density at radius 1 is 0.550 bits per heavy atom. The summed E-state index contributed by atoms with van der Waals surface area (Å²) in [5.41, 5.74) is 4.15. The van der Waals surface area contributed by atoms with Crippen LogP contribution in [0.2, 0.25) is 23.7 Å². The first-order valence-electron chi connectivity index (χ1n) is 27.4. The smallest absolute Gasteiger partial charge is 0.0598 e. The number of nitrogens with zero attached hydrogens (tertiary/aromatic N) is 1. The van der Waals surface area contributed by atoms with Crippen LogP contribution in [0.1, 0.15) is 205 Å². The Balaban J connectivity index is 1.15. The van der Waals surface area contributed by atoms with E-state index in [1.165, 1.54) is 77.0 Å². The van der Waals surface area contributed by atoms with Crippen LogP contribution in [0.5, 0.6) is 0 Å². The summed E-state index contributed by atoms with van der Waals surface area (Å²) in [6, 6.07) is 3.44. The van der Waals surface area contributed by atoms with Crippen molar-refractivity contribution < 1.29 is 4.74 Å². The molecule has 3 heteroatoms. The van der Waals surface area contributed by atoms with Crippen LogP contribution in [0.15, 0.2) is 0 Å². The highest BCUT2D eigenvalue weighted by molar-refractivity contribution is 6.81. The first-order valence-corrected chi connectivity index (χ1v) is 30.3. The van der Waals surface area contributed by atoms with E-state index in [1.807, 2.05) is 0 Å². The zero-order valence-corrected chi connectivity index (χ0v) is 43.5. The first kappa shape index (κ1) is 45.3. The molecule has 60 heavy (non-hydrogen) atoms. The highest BCUT2D eigenvalue weighted by Crippen LogP contribution is 2.76. The van der Waals surface area contributed by atoms with Gasteiger partial charge in [0.2, 0.25) is 0 Å². The number of unbranched alkanes of at least 4 members (excludes halogenated alkanes) is 3. The molecule has 0 bridgehead atoms. The van der Waals surface area contributed by atoms with Crippen LogP contribution < -0.4 is 0 Å². The normalized spacial score (nSPS) is 48.4. The highest BCUT2D eigenvalue weighted by atomic mass is 28.3. The van der Waals surface area contributed by atoms with Gasteiger partial charge in [0.1, 0.15) is 0 Å². The van der Waals surface area contributed by atoms with E-state index in [-0.39, 0.29) is 5.60 Å². The van der Waals surface area contributed by atoms with E-state index in [2.05, 4.69) is 102 Å². The molecule has 0 radical (unpaired) electrons. The fourth-order valence-corrected chi connectivity index (χ4v) is 28.0. The van der Waals surface area contributed by atoms with Crippen LogP contribution >= 0.6 is 0 Å². The van der Waals surface area contributed by atoms with Crippen LogP contribution in [0.3, 0.4) is 0 Å². The summed E-state index contributed by atoms with van der Waals surface area (Å²) in [6.45, 7) is 35.5. The van der Waals surface area contributed by atoms with Gasteiger partial charge in [0.25, 0.3) is 0 Å². The standard InChI is InChI=1S/C57H101NOSi/c1-36-23-24-48-43(31-36)49-50(58(48)13)37-21-17-18-22-38(37)52(49)60(14,30-20-16-15-19-29-59-53(2,3)4)51-41-34-46-44(54(5,6)25-27-56(46,9)10)32-39(41)40-33-45-47(35-42(40)51)57(11,12)28-26-55(45,7)8/h36-52H,15-35H2,1-14H3. The van der Waals surface area contributed by atoms with Crippen LogP contribution in [0.25, 0.3) is 0 Å². The zero-order chi connectivity index (χ0) is 42.9. The molecule has 8 aliphatic carbocycles. The molecule has 344 valence electrons. The molecule has 2 nitrogen and oxygen atoms in total. The Bertz CT molecular complexity index is 1460. The van der Waals surface area contributed by atoms with Gasteiger partial charge in [0, 0.05) is 18.7 Å². The first-order chi connectivity index (χ1) is 28.1. The second kappa shape index (κ2) is 15.9. The average molecular weight is 845 g/mol. The Morgan fingerprint density at radius 3 is 1.55 bits per heavy atom. The van der Waals surface area contributed by atoms with E-state index in [0.29, 0.717) is 21.7 Å². The maximum atomic E-state index is 6.29. The molecule has 0 aromatic carbocycles. The topological polar surface area (TPSA) is 12.5 Å². The molecule has 0 aromatic heterocycles. The van der Waals surface area contributed by atoms with Crippen molar-refractivity contribution in [2.75, 3.05) is 13.7 Å². The van der Waals surface area contributed by atoms with Crippen molar-refractivity contribution in [3.8, 4) is 0 Å². The molecule has 0 N–H and O–H groups in total. The van der Waals surface area contributed by atoms with E-state index < -0.39 is 8.07 Å². The van der Waals surface area contributed by atoms with E-state index in [9.17, 15) is 0 Å². The minimum absolute atomic E-state index is 0.0122. The van der Waals surface area contributed by atoms with Gasteiger partial charge in [0.15, 0.2) is 0 Å². The molecule has 9 rings (SSSR count). The summed E-state index contributed by atoms with van der Waals surface area (Å²) in [7, 11) is 0.820. The van der Waals surface area contributed by atoms with Crippen LogP contribution in [-0.4, -0.2) is 44.3 Å². The molecule has 17 atom stereocenters. The second-order valence-corrected chi connectivity index (χ2v) is 34.0. The summed E-state index contributed by atoms with van der Waals surface area (Å²) in [5.74, 6) is 12.7. The van der Waals surface area contributed by atoms with Crippen molar-refractivity contribution in [1.82, 2.24) is 4.90 Å². The molecule has 9 fully saturated rings. The summed E-state index contributed by atoms with van der Waals surface area (Å²) in [5, 5.41) is 0. The highest BCUT2D eigenvalue weighted by Gasteiger charge is 2.71. The monoisotopic (exact) mass is 844 g/mol. The Morgan fingerprint density at radius 2 is 1.03 bits per heavy atom. The van der Waals surface area contributed by atoms with Gasteiger partial charge in [-0.05, 0) is 221 Å². The molecule has 0 aromatic rings. The fourth-order valence-electron chi connectivity index (χ4n) is 20.4. The van der Waals surface area contributed by atoms with Gasteiger partial charge in [-0.25, -0.2) is 0 Å². The molecule has 1 aliphatic heterocycles. The van der Waals surface area contributed by atoms with Crippen LogP contribution in [0.4, 0.5) is 0 Å². The van der Waals surface area contributed by atoms with Gasteiger partial charge in [-0.2, -0.15) is 0 Å². The number of hydrogen-bond acceptors (Lipinski definition) is 2. The third kappa shape index (κ3) is 7.59. The molecule has 0 spiro atoms. The third-order valence-corrected chi connectivity index (χ3v) is 29.5. The van der Waals surface area contributed by atoms with Crippen molar-refractivity contribution in [3.05, 3.63) is 0 Å². The Labute approximate surface area is 374 Å². The van der Waals surface area contributed by atoms with Crippen LogP contribution in [0, 0.1) is 98.6 Å². The number of fused-ring (bicyclic) bond motifs is 10. The average Bonchev–Trinajstić information content (AvgIpc) is 3.79. The molecule has 1 heterocycles. The van der Waals surface area contributed by atoms with Gasteiger partial charge in [0.05, 0.1) is 13.7 Å². The van der Waals surface area contributed by atoms with Gasteiger partial charge >= 0.3 is 0 Å². The van der Waals surface area contributed by atoms with Crippen molar-refractivity contribution in [2.45, 2.75) is 246 Å². The predicted octanol–water partition coefficient (Wildman–Crippen LogP) is 16.0. The second-order valence-electron chi connectivity index (χ2n) is 29.2. The third-order valence-electron chi connectivity index (χ3n) is 23.4. The van der Waals surface area contributed by atoms with E-state index in [4.69, 9.17) is 4.74 Å². The van der Waals surface area contributed by atoms with Crippen molar-refractivity contribution in [2.24, 2.45) is 98.6 Å². The van der Waals surface area contributed by atoms with Gasteiger partial charge in [-0.3, -0.25) is 4.90 Å². The largest absolute Gasteiger partial charge is 0.376 e. The van der Waals surface area contributed by atoms with Crippen molar-refractivity contribution in [1.29, 1.82) is 0 Å². The molecular weight excluding hydrogens is 743 g/mol. The van der Waals surface area contributed by atoms with Gasteiger partial charge < -0.3 is 4.74 Å². The number of ether oxygens (including phenoxy) is 1. The molecular formula is C57H101NOSi. The number of rotatable bonds is 9. The summed E-state index contributed by atoms with van der Waals surface area (Å²) in [6.07, 6.45) is 28.5.